The zero-order valence-corrected chi connectivity index (χ0v) is 8.20. The third kappa shape index (κ3) is 3.83. The zero-order valence-electron chi connectivity index (χ0n) is 8.20. The van der Waals surface area contributed by atoms with E-state index in [4.69, 9.17) is 10.4 Å². The van der Waals surface area contributed by atoms with Crippen molar-refractivity contribution < 1.29 is 10.4 Å². The molecule has 0 aliphatic rings. The fourth-order valence-electron chi connectivity index (χ4n) is 0.433. The topological polar surface area (TPSA) is 89.2 Å². The van der Waals surface area contributed by atoms with Crippen LogP contribution in [-0.4, -0.2) is 21.8 Å². The lowest BCUT2D eigenvalue weighted by Gasteiger charge is -2.02. The van der Waals surface area contributed by atoms with Crippen LogP contribution in [0.2, 0.25) is 0 Å². The number of hydrogen-bond acceptors (Lipinski definition) is 6. The molecule has 6 heteroatoms. The molecule has 0 bridgehead atoms. The minimum Gasteiger partial charge on any atom is -0.291 e. The highest BCUT2D eigenvalue weighted by Gasteiger charge is 1.97. The summed E-state index contributed by atoms with van der Waals surface area (Å²) in [6, 6.07) is 0. The average molecular weight is 198 g/mol. The van der Waals surface area contributed by atoms with E-state index in [1.165, 1.54) is 0 Å². The SMILES string of the molecule is C=C(NO)/C(C)=N\N=C(/C)C(=C)NO. The van der Waals surface area contributed by atoms with Crippen LogP contribution < -0.4 is 11.0 Å². The van der Waals surface area contributed by atoms with Crippen LogP contribution in [0.5, 0.6) is 0 Å². The minimum absolute atomic E-state index is 0.254. The van der Waals surface area contributed by atoms with Crippen LogP contribution in [0.4, 0.5) is 0 Å². The first-order valence-electron chi connectivity index (χ1n) is 3.80. The summed E-state index contributed by atoms with van der Waals surface area (Å²) in [5.74, 6) is 0. The van der Waals surface area contributed by atoms with Crippen LogP contribution in [0.15, 0.2) is 34.8 Å². The molecule has 0 saturated heterocycles. The summed E-state index contributed by atoms with van der Waals surface area (Å²) >= 11 is 0. The minimum atomic E-state index is 0.254. The number of allylic oxidation sites excluding steroid dienone is 2. The van der Waals surface area contributed by atoms with E-state index < -0.39 is 0 Å². The van der Waals surface area contributed by atoms with Gasteiger partial charge in [-0.2, -0.15) is 10.2 Å². The summed E-state index contributed by atoms with van der Waals surface area (Å²) in [5, 5.41) is 24.4. The van der Waals surface area contributed by atoms with Gasteiger partial charge in [0.05, 0.1) is 22.8 Å². The van der Waals surface area contributed by atoms with Gasteiger partial charge in [0.2, 0.25) is 0 Å². The van der Waals surface area contributed by atoms with Crippen molar-refractivity contribution in [3.8, 4) is 0 Å². The summed E-state index contributed by atoms with van der Waals surface area (Å²) in [7, 11) is 0. The summed E-state index contributed by atoms with van der Waals surface area (Å²) < 4.78 is 0. The molecule has 0 aliphatic heterocycles. The van der Waals surface area contributed by atoms with Gasteiger partial charge in [-0.05, 0) is 13.8 Å². The molecule has 14 heavy (non-hydrogen) atoms. The van der Waals surface area contributed by atoms with Crippen LogP contribution in [0.3, 0.4) is 0 Å². The molecule has 6 nitrogen and oxygen atoms in total. The van der Waals surface area contributed by atoms with Crippen molar-refractivity contribution in [3.05, 3.63) is 24.6 Å². The molecule has 0 aromatic rings. The Hall–Kier alpha value is -1.66. The van der Waals surface area contributed by atoms with Crippen LogP contribution in [0.1, 0.15) is 13.8 Å². The molecule has 0 amide bonds. The van der Waals surface area contributed by atoms with E-state index in [2.05, 4.69) is 23.4 Å². The van der Waals surface area contributed by atoms with Crippen molar-refractivity contribution in [2.45, 2.75) is 13.8 Å². The van der Waals surface area contributed by atoms with Gasteiger partial charge in [0.1, 0.15) is 0 Å². The van der Waals surface area contributed by atoms with Crippen molar-refractivity contribution in [1.82, 2.24) is 11.0 Å². The number of hydrogen-bond donors (Lipinski definition) is 4. The molecule has 4 N–H and O–H groups in total. The van der Waals surface area contributed by atoms with Gasteiger partial charge in [-0.3, -0.25) is 21.4 Å². The van der Waals surface area contributed by atoms with Crippen molar-refractivity contribution in [3.63, 3.8) is 0 Å². The van der Waals surface area contributed by atoms with Crippen LogP contribution in [0, 0.1) is 0 Å². The second kappa shape index (κ2) is 5.90. The molecule has 0 unspecified atom stereocenters. The fourth-order valence-corrected chi connectivity index (χ4v) is 0.433. The second-order valence-corrected chi connectivity index (χ2v) is 2.55. The van der Waals surface area contributed by atoms with Gasteiger partial charge in [-0.25, -0.2) is 0 Å². The molecule has 0 aromatic carbocycles. The standard InChI is InChI=1S/C8H14N4O2/c1-5(7(3)11-13)9-10-6(2)8(4)12-14/h11-14H,3-4H2,1-2H3/b9-5-,10-6+. The van der Waals surface area contributed by atoms with E-state index in [9.17, 15) is 0 Å². The van der Waals surface area contributed by atoms with Crippen molar-refractivity contribution >= 4 is 11.4 Å². The quantitative estimate of drug-likeness (QED) is 0.388. The molecule has 0 fully saturated rings. The molecule has 0 saturated carbocycles. The molecule has 0 aromatic heterocycles. The van der Waals surface area contributed by atoms with E-state index in [0.717, 1.165) is 0 Å². The summed E-state index contributed by atoms with van der Waals surface area (Å²) in [4.78, 5) is 0. The lowest BCUT2D eigenvalue weighted by atomic mass is 10.3. The first kappa shape index (κ1) is 12.3. The predicted molar refractivity (Wildman–Crippen MR) is 54.3 cm³/mol. The summed E-state index contributed by atoms with van der Waals surface area (Å²) in [5.41, 5.74) is 5.06. The third-order valence-electron chi connectivity index (χ3n) is 1.49. The lowest BCUT2D eigenvalue weighted by molar-refractivity contribution is 0.207. The highest BCUT2D eigenvalue weighted by Crippen LogP contribution is 1.93. The summed E-state index contributed by atoms with van der Waals surface area (Å²) in [6.07, 6.45) is 0. The third-order valence-corrected chi connectivity index (χ3v) is 1.49. The average Bonchev–Trinajstić information content (AvgIpc) is 2.22. The Bertz CT molecular complexity index is 264. The molecule has 0 aliphatic carbocycles. The van der Waals surface area contributed by atoms with E-state index in [1.54, 1.807) is 13.8 Å². The molecule has 78 valence electrons. The van der Waals surface area contributed by atoms with Gasteiger partial charge in [0.25, 0.3) is 0 Å². The van der Waals surface area contributed by atoms with E-state index in [1.807, 2.05) is 11.0 Å². The van der Waals surface area contributed by atoms with Crippen molar-refractivity contribution in [2.24, 2.45) is 10.2 Å². The maximum absolute atomic E-state index is 8.48. The first-order valence-corrected chi connectivity index (χ1v) is 3.80. The maximum Gasteiger partial charge on any atom is 0.0847 e. The number of nitrogens with one attached hydrogen (secondary N) is 2. The highest BCUT2D eigenvalue weighted by atomic mass is 16.5. The van der Waals surface area contributed by atoms with Gasteiger partial charge >= 0.3 is 0 Å². The largest absolute Gasteiger partial charge is 0.291 e. The van der Waals surface area contributed by atoms with E-state index >= 15 is 0 Å². The number of nitrogens with zero attached hydrogens (tertiary/aromatic N) is 2. The number of rotatable bonds is 5. The molecule has 0 heterocycles. The Balaban J connectivity index is 4.53. The summed E-state index contributed by atoms with van der Waals surface area (Å²) in [6.45, 7) is 10.2. The smallest absolute Gasteiger partial charge is 0.0847 e. The van der Waals surface area contributed by atoms with Crippen molar-refractivity contribution in [2.75, 3.05) is 0 Å². The van der Waals surface area contributed by atoms with E-state index in [0.29, 0.717) is 11.4 Å². The normalized spacial score (nSPS) is 12.3. The van der Waals surface area contributed by atoms with Gasteiger partial charge in [0, 0.05) is 0 Å². The molecular weight excluding hydrogens is 184 g/mol. The Labute approximate surface area is 82.3 Å². The predicted octanol–water partition coefficient (Wildman–Crippen LogP) is 0.808. The van der Waals surface area contributed by atoms with Gasteiger partial charge in [-0.15, -0.1) is 0 Å². The highest BCUT2D eigenvalue weighted by molar-refractivity contribution is 5.99. The van der Waals surface area contributed by atoms with Crippen LogP contribution >= 0.6 is 0 Å². The zero-order chi connectivity index (χ0) is 11.1. The monoisotopic (exact) mass is 198 g/mol. The van der Waals surface area contributed by atoms with Crippen molar-refractivity contribution in [1.29, 1.82) is 0 Å². The Kier molecular flexibility index (Phi) is 5.20. The van der Waals surface area contributed by atoms with Gasteiger partial charge in [0.15, 0.2) is 0 Å². The molecule has 0 atom stereocenters. The van der Waals surface area contributed by atoms with Gasteiger partial charge < -0.3 is 0 Å². The van der Waals surface area contributed by atoms with Crippen LogP contribution in [0.25, 0.3) is 0 Å². The lowest BCUT2D eigenvalue weighted by Crippen LogP contribution is -2.14. The second-order valence-electron chi connectivity index (χ2n) is 2.55. The van der Waals surface area contributed by atoms with E-state index in [-0.39, 0.29) is 11.4 Å². The molecule has 0 radical (unpaired) electrons. The number of hydroxylamine groups is 2. The molecule has 0 spiro atoms. The maximum atomic E-state index is 8.48. The Morgan fingerprint density at radius 2 is 1.21 bits per heavy atom. The Morgan fingerprint density at radius 3 is 1.43 bits per heavy atom. The van der Waals surface area contributed by atoms with Crippen LogP contribution in [-0.2, 0) is 0 Å². The molecular formula is C8H14N4O2. The molecule has 0 rings (SSSR count). The Morgan fingerprint density at radius 1 is 0.929 bits per heavy atom. The fraction of sp³-hybridized carbons (Fsp3) is 0.250. The van der Waals surface area contributed by atoms with Gasteiger partial charge in [-0.1, -0.05) is 13.2 Å². The first-order chi connectivity index (χ1) is 6.52.